The fourth-order valence-corrected chi connectivity index (χ4v) is 4.47. The van der Waals surface area contributed by atoms with Crippen LogP contribution >= 0.6 is 11.3 Å². The zero-order valence-corrected chi connectivity index (χ0v) is 17.3. The van der Waals surface area contributed by atoms with Crippen LogP contribution in [0.15, 0.2) is 49.2 Å². The molecular weight excluding hydrogens is 432 g/mol. The van der Waals surface area contributed by atoms with E-state index in [0.717, 1.165) is 16.9 Å². The molecule has 0 saturated carbocycles. The predicted molar refractivity (Wildman–Crippen MR) is 118 cm³/mol. The standard InChI is InChI=1S/C22H13F2N7S/c1-10-4-5-25-6-11(10)20-18(24)17-13(9-27-20)30-31-21(17)22-28-14-8-26-7-12(19(14)29-22)15-2-3-16(23)32-15/h2-9H,1H3,(H,28,29)(H,30,31). The number of rotatable bonds is 3. The van der Waals surface area contributed by atoms with Crippen LogP contribution in [0, 0.1) is 17.9 Å². The molecule has 7 nitrogen and oxygen atoms in total. The molecular formula is C22H13F2N7S. The number of halogens is 2. The largest absolute Gasteiger partial charge is 0.335 e. The van der Waals surface area contributed by atoms with Gasteiger partial charge >= 0.3 is 0 Å². The lowest BCUT2D eigenvalue weighted by atomic mass is 10.1. The highest BCUT2D eigenvalue weighted by Crippen LogP contribution is 2.35. The van der Waals surface area contributed by atoms with Crippen molar-refractivity contribution in [3.05, 3.63) is 65.7 Å². The van der Waals surface area contributed by atoms with E-state index >= 15 is 4.39 Å². The molecule has 0 aliphatic carbocycles. The van der Waals surface area contributed by atoms with Gasteiger partial charge in [0.15, 0.2) is 16.8 Å². The topological polar surface area (TPSA) is 96.0 Å². The molecule has 0 aliphatic rings. The average molecular weight is 445 g/mol. The van der Waals surface area contributed by atoms with E-state index in [1.807, 2.05) is 6.92 Å². The Morgan fingerprint density at radius 2 is 1.78 bits per heavy atom. The van der Waals surface area contributed by atoms with Crippen molar-refractivity contribution >= 4 is 33.3 Å². The van der Waals surface area contributed by atoms with E-state index in [-0.39, 0.29) is 16.2 Å². The summed E-state index contributed by atoms with van der Waals surface area (Å²) in [5.41, 5.74) is 4.36. The zero-order valence-electron chi connectivity index (χ0n) is 16.5. The summed E-state index contributed by atoms with van der Waals surface area (Å²) in [5.74, 6) is -0.141. The zero-order chi connectivity index (χ0) is 21.8. The first-order chi connectivity index (χ1) is 15.6. The maximum Gasteiger partial charge on any atom is 0.176 e. The summed E-state index contributed by atoms with van der Waals surface area (Å²) in [5, 5.41) is 7.10. The lowest BCUT2D eigenvalue weighted by Gasteiger charge is -2.06. The van der Waals surface area contributed by atoms with Gasteiger partial charge in [0.05, 0.1) is 28.8 Å². The number of aromatic amines is 2. The highest BCUT2D eigenvalue weighted by molar-refractivity contribution is 7.14. The molecule has 0 unspecified atom stereocenters. The molecule has 6 rings (SSSR count). The van der Waals surface area contributed by atoms with Gasteiger partial charge in [-0.1, -0.05) is 0 Å². The quantitative estimate of drug-likeness (QED) is 0.387. The fraction of sp³-hybridized carbons (Fsp3) is 0.0455. The normalized spacial score (nSPS) is 11.6. The summed E-state index contributed by atoms with van der Waals surface area (Å²) in [6.07, 6.45) is 8.04. The summed E-state index contributed by atoms with van der Waals surface area (Å²) < 4.78 is 29.2. The number of aromatic nitrogens is 7. The molecule has 2 N–H and O–H groups in total. The van der Waals surface area contributed by atoms with Crippen molar-refractivity contribution in [2.24, 2.45) is 0 Å². The number of aryl methyl sites for hydroxylation is 1. The molecule has 32 heavy (non-hydrogen) atoms. The number of nitrogens with one attached hydrogen (secondary N) is 2. The Morgan fingerprint density at radius 3 is 2.59 bits per heavy atom. The maximum atomic E-state index is 15.7. The number of thiophene rings is 1. The minimum atomic E-state index is -0.513. The van der Waals surface area contributed by atoms with Gasteiger partial charge in [-0.3, -0.25) is 20.1 Å². The van der Waals surface area contributed by atoms with Crippen molar-refractivity contribution in [3.8, 4) is 33.2 Å². The number of nitrogens with zero attached hydrogens (tertiary/aromatic N) is 5. The smallest absolute Gasteiger partial charge is 0.176 e. The summed E-state index contributed by atoms with van der Waals surface area (Å²) >= 11 is 1.01. The molecule has 0 atom stereocenters. The Bertz CT molecular complexity index is 1630. The second kappa shape index (κ2) is 6.99. The van der Waals surface area contributed by atoms with Crippen molar-refractivity contribution in [1.29, 1.82) is 0 Å². The van der Waals surface area contributed by atoms with E-state index in [0.29, 0.717) is 44.1 Å². The highest BCUT2D eigenvalue weighted by Gasteiger charge is 2.22. The molecule has 0 bridgehead atoms. The second-order valence-electron chi connectivity index (χ2n) is 7.24. The first-order valence-corrected chi connectivity index (χ1v) is 10.4. The summed E-state index contributed by atoms with van der Waals surface area (Å²) in [4.78, 5) is 21.1. The molecule has 156 valence electrons. The third-order valence-corrected chi connectivity index (χ3v) is 6.20. The summed E-state index contributed by atoms with van der Waals surface area (Å²) in [6, 6.07) is 4.89. The van der Waals surface area contributed by atoms with Crippen LogP contribution in [0.5, 0.6) is 0 Å². The van der Waals surface area contributed by atoms with Gasteiger partial charge in [0, 0.05) is 34.6 Å². The van der Waals surface area contributed by atoms with Gasteiger partial charge in [-0.15, -0.1) is 11.3 Å². The van der Waals surface area contributed by atoms with E-state index in [9.17, 15) is 4.39 Å². The van der Waals surface area contributed by atoms with Gasteiger partial charge in [0.25, 0.3) is 0 Å². The molecule has 10 heteroatoms. The Balaban J connectivity index is 1.56. The van der Waals surface area contributed by atoms with Gasteiger partial charge in [-0.25, -0.2) is 9.37 Å². The van der Waals surface area contributed by atoms with Gasteiger partial charge in [-0.05, 0) is 30.7 Å². The van der Waals surface area contributed by atoms with Crippen LogP contribution in [0.1, 0.15) is 5.56 Å². The molecule has 0 amide bonds. The van der Waals surface area contributed by atoms with Crippen molar-refractivity contribution < 1.29 is 8.78 Å². The van der Waals surface area contributed by atoms with Gasteiger partial charge in [0.1, 0.15) is 16.9 Å². The lowest BCUT2D eigenvalue weighted by molar-refractivity contribution is 0.638. The molecule has 0 aromatic carbocycles. The lowest BCUT2D eigenvalue weighted by Crippen LogP contribution is -1.94. The molecule has 0 radical (unpaired) electrons. The van der Waals surface area contributed by atoms with Crippen LogP contribution in [-0.4, -0.2) is 35.1 Å². The Morgan fingerprint density at radius 1 is 0.906 bits per heavy atom. The molecule has 6 aromatic rings. The predicted octanol–water partition coefficient (Wildman–Crippen LogP) is 5.27. The van der Waals surface area contributed by atoms with Crippen LogP contribution in [0.4, 0.5) is 8.78 Å². The van der Waals surface area contributed by atoms with Crippen molar-refractivity contribution in [2.45, 2.75) is 6.92 Å². The first kappa shape index (κ1) is 18.7. The third kappa shape index (κ3) is 2.80. The number of H-pyrrole nitrogens is 2. The number of hydrogen-bond acceptors (Lipinski definition) is 6. The number of pyridine rings is 3. The van der Waals surface area contributed by atoms with Crippen molar-refractivity contribution in [3.63, 3.8) is 0 Å². The molecule has 0 aliphatic heterocycles. The number of hydrogen-bond donors (Lipinski definition) is 2. The highest BCUT2D eigenvalue weighted by atomic mass is 32.1. The molecule has 6 aromatic heterocycles. The Hall–Kier alpha value is -4.05. The fourth-order valence-electron chi connectivity index (χ4n) is 3.73. The molecule has 0 fully saturated rings. The SMILES string of the molecule is Cc1ccncc1-c1ncc2[nH]nc(-c3nc4c(-c5ccc(F)s5)cncc4[nH]3)c2c1F. The van der Waals surface area contributed by atoms with Crippen molar-refractivity contribution in [2.75, 3.05) is 0 Å². The van der Waals surface area contributed by atoms with E-state index in [1.165, 1.54) is 6.07 Å². The van der Waals surface area contributed by atoms with E-state index in [2.05, 4.69) is 35.1 Å². The minimum Gasteiger partial charge on any atom is -0.335 e. The van der Waals surface area contributed by atoms with Gasteiger partial charge in [-0.2, -0.15) is 9.49 Å². The van der Waals surface area contributed by atoms with Gasteiger partial charge in [0.2, 0.25) is 0 Å². The van der Waals surface area contributed by atoms with Crippen molar-refractivity contribution in [1.82, 2.24) is 35.1 Å². The minimum absolute atomic E-state index is 0.193. The first-order valence-electron chi connectivity index (χ1n) is 9.63. The molecule has 0 spiro atoms. The molecule has 6 heterocycles. The molecule has 0 saturated heterocycles. The van der Waals surface area contributed by atoms with Crippen LogP contribution in [0.2, 0.25) is 0 Å². The third-order valence-electron chi connectivity index (χ3n) is 5.30. The summed E-state index contributed by atoms with van der Waals surface area (Å²) in [6.45, 7) is 1.87. The van der Waals surface area contributed by atoms with E-state index in [4.69, 9.17) is 0 Å². The average Bonchev–Trinajstić information content (AvgIpc) is 3.52. The van der Waals surface area contributed by atoms with Crippen LogP contribution < -0.4 is 0 Å². The van der Waals surface area contributed by atoms with E-state index < -0.39 is 5.82 Å². The van der Waals surface area contributed by atoms with E-state index in [1.54, 1.807) is 43.1 Å². The monoisotopic (exact) mass is 445 g/mol. The van der Waals surface area contributed by atoms with Crippen LogP contribution in [-0.2, 0) is 0 Å². The Kier molecular flexibility index (Phi) is 4.08. The number of fused-ring (bicyclic) bond motifs is 2. The van der Waals surface area contributed by atoms with Gasteiger partial charge < -0.3 is 4.98 Å². The Labute approximate surface area is 183 Å². The second-order valence-corrected chi connectivity index (χ2v) is 8.28. The van der Waals surface area contributed by atoms with Crippen LogP contribution in [0.25, 0.3) is 55.2 Å². The van der Waals surface area contributed by atoms with Crippen LogP contribution in [0.3, 0.4) is 0 Å². The number of imidazole rings is 1. The maximum absolute atomic E-state index is 15.7. The summed E-state index contributed by atoms with van der Waals surface area (Å²) in [7, 11) is 0.